The number of likely N-dealkylation sites (tertiary alicyclic amines) is 1. The summed E-state index contributed by atoms with van der Waals surface area (Å²) in [6.45, 7) is 11.3. The van der Waals surface area contributed by atoms with Gasteiger partial charge in [-0.3, -0.25) is 4.90 Å². The first-order chi connectivity index (χ1) is 14.3. The zero-order valence-corrected chi connectivity index (χ0v) is 20.0. The summed E-state index contributed by atoms with van der Waals surface area (Å²) in [5.41, 5.74) is 8.51. The molecule has 2 heterocycles. The molecule has 7 heteroatoms. The van der Waals surface area contributed by atoms with E-state index in [1.807, 2.05) is 17.5 Å². The lowest BCUT2D eigenvalue weighted by Gasteiger charge is -2.38. The summed E-state index contributed by atoms with van der Waals surface area (Å²) in [5.74, 6) is 7.18. The van der Waals surface area contributed by atoms with Gasteiger partial charge in [0.25, 0.3) is 0 Å². The molecule has 0 aromatic carbocycles. The van der Waals surface area contributed by atoms with E-state index in [1.54, 1.807) is 5.01 Å². The van der Waals surface area contributed by atoms with Gasteiger partial charge in [-0.1, -0.05) is 20.8 Å². The molecule has 0 saturated carbocycles. The largest absolute Gasteiger partial charge is 0.400 e. The molecule has 1 aromatic heterocycles. The first kappa shape index (κ1) is 25.1. The zero-order chi connectivity index (χ0) is 22.3. The van der Waals surface area contributed by atoms with E-state index in [0.717, 1.165) is 37.9 Å². The molecule has 3 unspecified atom stereocenters. The Kier molecular flexibility index (Phi) is 10.1. The van der Waals surface area contributed by atoms with Crippen LogP contribution in [0.15, 0.2) is 18.0 Å². The van der Waals surface area contributed by atoms with E-state index in [-0.39, 0.29) is 19.1 Å². The molecule has 1 fully saturated rings. The Bertz CT molecular complexity index is 676. The van der Waals surface area contributed by atoms with Gasteiger partial charge in [-0.2, -0.15) is 0 Å². The smallest absolute Gasteiger partial charge is 0.0479 e. The highest BCUT2D eigenvalue weighted by molar-refractivity contribution is 7.12. The van der Waals surface area contributed by atoms with Gasteiger partial charge in [0.1, 0.15) is 0 Å². The molecule has 0 amide bonds. The number of aliphatic hydroxyl groups is 2. The number of hydrogen-bond donors (Lipinski definition) is 4. The molecule has 0 radical (unpaired) electrons. The maximum Gasteiger partial charge on any atom is 0.0479 e. The van der Waals surface area contributed by atoms with Crippen LogP contribution in [0.1, 0.15) is 61.8 Å². The lowest BCUT2D eigenvalue weighted by Crippen LogP contribution is -2.43. The minimum atomic E-state index is 0.129. The third kappa shape index (κ3) is 6.95. The number of thiophene rings is 1. The maximum atomic E-state index is 9.51. The van der Waals surface area contributed by atoms with E-state index in [4.69, 9.17) is 11.6 Å². The zero-order valence-electron chi connectivity index (χ0n) is 19.2. The van der Waals surface area contributed by atoms with E-state index in [9.17, 15) is 10.2 Å². The van der Waals surface area contributed by atoms with Crippen molar-refractivity contribution < 1.29 is 10.2 Å². The second kappa shape index (κ2) is 12.1. The number of piperidine rings is 1. The van der Waals surface area contributed by atoms with Crippen molar-refractivity contribution in [2.24, 2.45) is 23.4 Å². The highest BCUT2D eigenvalue weighted by Crippen LogP contribution is 2.37. The van der Waals surface area contributed by atoms with Gasteiger partial charge in [0.05, 0.1) is 0 Å². The van der Waals surface area contributed by atoms with Crippen LogP contribution in [0.3, 0.4) is 0 Å². The van der Waals surface area contributed by atoms with Crippen molar-refractivity contribution in [3.8, 4) is 0 Å². The Hall–Kier alpha value is -1.12. The molecular weight excluding hydrogens is 396 g/mol. The molecule has 1 saturated heterocycles. The second-order valence-corrected chi connectivity index (χ2v) is 10.3. The third-order valence-electron chi connectivity index (χ3n) is 6.37. The van der Waals surface area contributed by atoms with Crippen LogP contribution in [0.5, 0.6) is 0 Å². The van der Waals surface area contributed by atoms with Crippen LogP contribution >= 0.6 is 11.3 Å². The molecule has 1 aliphatic heterocycles. The number of rotatable bonds is 11. The first-order valence-electron chi connectivity index (χ1n) is 11.3. The number of hydrogen-bond acceptors (Lipinski definition) is 7. The summed E-state index contributed by atoms with van der Waals surface area (Å²) in [6, 6.07) is 2.81. The molecule has 1 aromatic rings. The SMILES string of the molecule is CCc1cc(C2CCN(C/C(N)=C/N(N)CC(CO)C(C)C)C(C)C2)c(CCO)s1. The average Bonchev–Trinajstić information content (AvgIpc) is 3.10. The summed E-state index contributed by atoms with van der Waals surface area (Å²) >= 11 is 1.87. The van der Waals surface area contributed by atoms with Crippen LogP contribution in [-0.2, 0) is 12.8 Å². The van der Waals surface area contributed by atoms with Gasteiger partial charge in [-0.05, 0) is 56.2 Å². The van der Waals surface area contributed by atoms with Gasteiger partial charge in [-0.25, -0.2) is 5.84 Å². The predicted molar refractivity (Wildman–Crippen MR) is 126 cm³/mol. The normalized spacial score (nSPS) is 21.9. The van der Waals surface area contributed by atoms with E-state index in [0.29, 0.717) is 31.0 Å². The number of hydrazine groups is 1. The number of nitrogens with zero attached hydrogens (tertiary/aromatic N) is 2. The quantitative estimate of drug-likeness (QED) is 0.313. The van der Waals surface area contributed by atoms with Gasteiger partial charge < -0.3 is 21.0 Å². The Morgan fingerprint density at radius 2 is 2.13 bits per heavy atom. The Morgan fingerprint density at radius 1 is 1.40 bits per heavy atom. The molecule has 0 spiro atoms. The van der Waals surface area contributed by atoms with E-state index in [2.05, 4.69) is 38.7 Å². The highest BCUT2D eigenvalue weighted by Gasteiger charge is 2.29. The van der Waals surface area contributed by atoms with Crippen molar-refractivity contribution in [1.29, 1.82) is 0 Å². The summed E-state index contributed by atoms with van der Waals surface area (Å²) in [5, 5.41) is 20.6. The highest BCUT2D eigenvalue weighted by atomic mass is 32.1. The van der Waals surface area contributed by atoms with Gasteiger partial charge in [0.15, 0.2) is 0 Å². The maximum absolute atomic E-state index is 9.51. The minimum Gasteiger partial charge on any atom is -0.400 e. The van der Waals surface area contributed by atoms with Crippen LogP contribution in [0.25, 0.3) is 0 Å². The molecular formula is C23H42N4O2S. The number of aliphatic hydroxyl groups excluding tert-OH is 2. The molecule has 172 valence electrons. The van der Waals surface area contributed by atoms with Gasteiger partial charge >= 0.3 is 0 Å². The van der Waals surface area contributed by atoms with Crippen molar-refractivity contribution >= 4 is 11.3 Å². The molecule has 6 nitrogen and oxygen atoms in total. The van der Waals surface area contributed by atoms with Crippen LogP contribution in [-0.4, -0.2) is 59.0 Å². The minimum absolute atomic E-state index is 0.129. The summed E-state index contributed by atoms with van der Waals surface area (Å²) < 4.78 is 0. The first-order valence-corrected chi connectivity index (χ1v) is 12.1. The lowest BCUT2D eigenvalue weighted by atomic mass is 9.85. The third-order valence-corrected chi connectivity index (χ3v) is 7.73. The van der Waals surface area contributed by atoms with Crippen molar-refractivity contribution in [2.45, 2.75) is 65.3 Å². The van der Waals surface area contributed by atoms with Gasteiger partial charge in [0, 0.05) is 66.3 Å². The van der Waals surface area contributed by atoms with Crippen LogP contribution in [0, 0.1) is 11.8 Å². The fraction of sp³-hybridized carbons (Fsp3) is 0.739. The fourth-order valence-corrected chi connectivity index (χ4v) is 5.53. The standard InChI is InChI=1S/C23H42N4O2S/c1-5-21-11-22(23(30-21)7-9-28)18-6-8-26(17(4)10-18)13-20(24)14-27(25)12-19(15-29)16(2)3/h11,14,16-19,28-29H,5-10,12-13,15,24-25H2,1-4H3/b20-14-. The summed E-state index contributed by atoms with van der Waals surface area (Å²) in [6.07, 6.45) is 5.86. The van der Waals surface area contributed by atoms with Crippen molar-refractivity contribution in [3.63, 3.8) is 0 Å². The van der Waals surface area contributed by atoms with Gasteiger partial charge in [0.2, 0.25) is 0 Å². The second-order valence-electron chi connectivity index (χ2n) is 9.05. The topological polar surface area (TPSA) is 99.0 Å². The van der Waals surface area contributed by atoms with Crippen molar-refractivity contribution in [2.75, 3.05) is 32.8 Å². The monoisotopic (exact) mass is 438 g/mol. The average molecular weight is 439 g/mol. The van der Waals surface area contributed by atoms with Crippen LogP contribution in [0.4, 0.5) is 0 Å². The predicted octanol–water partition coefficient (Wildman–Crippen LogP) is 2.65. The van der Waals surface area contributed by atoms with Crippen molar-refractivity contribution in [1.82, 2.24) is 9.91 Å². The van der Waals surface area contributed by atoms with E-state index in [1.165, 1.54) is 15.3 Å². The van der Waals surface area contributed by atoms with E-state index < -0.39 is 0 Å². The van der Waals surface area contributed by atoms with E-state index >= 15 is 0 Å². The molecule has 6 N–H and O–H groups in total. The summed E-state index contributed by atoms with van der Waals surface area (Å²) in [4.78, 5) is 5.21. The van der Waals surface area contributed by atoms with Crippen LogP contribution in [0.2, 0.25) is 0 Å². The molecule has 2 rings (SSSR count). The molecule has 3 atom stereocenters. The number of nitrogens with two attached hydrogens (primary N) is 2. The Labute approximate surface area is 186 Å². The lowest BCUT2D eigenvalue weighted by molar-refractivity contribution is 0.150. The van der Waals surface area contributed by atoms with Gasteiger partial charge in [-0.15, -0.1) is 11.3 Å². The van der Waals surface area contributed by atoms with Crippen LogP contribution < -0.4 is 11.6 Å². The van der Waals surface area contributed by atoms with Crippen molar-refractivity contribution in [3.05, 3.63) is 33.3 Å². The molecule has 1 aliphatic rings. The Balaban J connectivity index is 1.95. The Morgan fingerprint density at radius 3 is 2.70 bits per heavy atom. The summed E-state index contributed by atoms with van der Waals surface area (Å²) in [7, 11) is 0. The molecule has 0 aliphatic carbocycles. The number of aryl methyl sites for hydroxylation is 1. The fourth-order valence-electron chi connectivity index (χ4n) is 4.35. The molecule has 30 heavy (non-hydrogen) atoms. The molecule has 0 bridgehead atoms.